The molecular weight excluding hydrogens is 741 g/mol. The highest BCUT2D eigenvalue weighted by atomic mass is 31.2. The second-order valence-electron chi connectivity index (χ2n) is 13.4. The van der Waals surface area contributed by atoms with Gasteiger partial charge in [0.1, 0.15) is 36.6 Å². The summed E-state index contributed by atoms with van der Waals surface area (Å²) in [6.45, 7) is 0.0816. The van der Waals surface area contributed by atoms with E-state index in [0.29, 0.717) is 12.1 Å². The summed E-state index contributed by atoms with van der Waals surface area (Å²) in [7, 11) is -4.90. The van der Waals surface area contributed by atoms with E-state index in [0.717, 1.165) is 26.8 Å². The van der Waals surface area contributed by atoms with Crippen molar-refractivity contribution in [2.75, 3.05) is 29.6 Å². The smallest absolute Gasteiger partial charge is 0.394 e. The predicted octanol–water partition coefficient (Wildman–Crippen LogP) is 1.23. The number of fused-ring (bicyclic) bond motifs is 4. The van der Waals surface area contributed by atoms with Crippen molar-refractivity contribution in [1.29, 1.82) is 0 Å². The van der Waals surface area contributed by atoms with Crippen LogP contribution in [0.3, 0.4) is 0 Å². The number of benzene rings is 2. The average molecular weight is 778 g/mol. The number of aromatic amines is 1. The summed E-state index contributed by atoms with van der Waals surface area (Å²) in [6, 6.07) is 14.9. The number of ether oxygens (including phenoxy) is 2. The normalized spacial score (nSPS) is 24.1. The van der Waals surface area contributed by atoms with Gasteiger partial charge in [-0.2, -0.15) is 9.97 Å². The molecule has 0 bridgehead atoms. The number of nitrogens with two attached hydrogens (primary N) is 2. The van der Waals surface area contributed by atoms with E-state index in [1.165, 1.54) is 28.7 Å². The average Bonchev–Trinajstić information content (AvgIpc) is 3.89. The first-order valence-electron chi connectivity index (χ1n) is 17.2. The van der Waals surface area contributed by atoms with E-state index in [2.05, 4.69) is 19.9 Å². The second kappa shape index (κ2) is 14.1. The van der Waals surface area contributed by atoms with Crippen molar-refractivity contribution >= 4 is 48.3 Å². The van der Waals surface area contributed by atoms with Gasteiger partial charge in [-0.3, -0.25) is 37.7 Å². The summed E-state index contributed by atoms with van der Waals surface area (Å²) in [5.41, 5.74) is 14.6. The third kappa shape index (κ3) is 6.83. The number of hydrogen-bond donors (Lipinski definition) is 6. The van der Waals surface area contributed by atoms with Gasteiger partial charge in [0, 0.05) is 26.0 Å². The Hall–Kier alpha value is -5.31. The zero-order chi connectivity index (χ0) is 38.8. The number of nitrogen functional groups attached to an aromatic ring is 2. The number of nitrogens with one attached hydrogen (secondary N) is 1. The van der Waals surface area contributed by atoms with Gasteiger partial charge < -0.3 is 36.0 Å². The molecule has 288 valence electrons. The number of carbonyl (C=O) groups is 1. The Morgan fingerprint density at radius 3 is 2.56 bits per heavy atom. The molecule has 2 saturated heterocycles. The number of phosphoric ester groups is 1. The summed E-state index contributed by atoms with van der Waals surface area (Å²) in [5, 5.41) is 21.0. The first-order valence-corrected chi connectivity index (χ1v) is 18.7. The fourth-order valence-electron chi connectivity index (χ4n) is 7.30. The zero-order valence-electron chi connectivity index (χ0n) is 29.1. The van der Waals surface area contributed by atoms with E-state index in [1.807, 2.05) is 36.4 Å². The fourth-order valence-corrected chi connectivity index (χ4v) is 8.26. The van der Waals surface area contributed by atoms with E-state index in [1.54, 1.807) is 6.07 Å². The number of imidazole rings is 1. The predicted molar refractivity (Wildman–Crippen MR) is 194 cm³/mol. The molecule has 5 aromatic rings. The van der Waals surface area contributed by atoms with Gasteiger partial charge >= 0.3 is 13.5 Å². The highest BCUT2D eigenvalue weighted by molar-refractivity contribution is 7.47. The van der Waals surface area contributed by atoms with Gasteiger partial charge in [0.15, 0.2) is 11.2 Å². The van der Waals surface area contributed by atoms with Crippen LogP contribution in [0.2, 0.25) is 0 Å². The Balaban J connectivity index is 1.04. The lowest BCUT2D eigenvalue weighted by Crippen LogP contribution is -2.29. The Morgan fingerprint density at radius 1 is 1.04 bits per heavy atom. The largest absolute Gasteiger partial charge is 0.472 e. The van der Waals surface area contributed by atoms with Gasteiger partial charge in [-0.15, -0.1) is 0 Å². The number of aliphatic hydroxyl groups is 2. The van der Waals surface area contributed by atoms with Crippen LogP contribution < -0.4 is 27.6 Å². The molecule has 3 aliphatic rings. The van der Waals surface area contributed by atoms with Crippen LogP contribution in [0, 0.1) is 0 Å². The molecule has 2 unspecified atom stereocenters. The second-order valence-corrected chi connectivity index (χ2v) is 14.8. The highest BCUT2D eigenvalue weighted by Crippen LogP contribution is 2.49. The van der Waals surface area contributed by atoms with Crippen LogP contribution in [0.15, 0.2) is 64.3 Å². The molecular formula is C34H36N9O11P. The lowest BCUT2D eigenvalue weighted by molar-refractivity contribution is -0.116. The van der Waals surface area contributed by atoms with E-state index in [4.69, 9.17) is 30.0 Å². The third-order valence-corrected chi connectivity index (χ3v) is 10.8. The molecule has 3 aromatic heterocycles. The number of nitrogens with zero attached hydrogens (tertiary/aromatic N) is 6. The Bertz CT molecular complexity index is 2490. The van der Waals surface area contributed by atoms with Crippen LogP contribution in [-0.2, 0) is 34.3 Å². The van der Waals surface area contributed by atoms with Gasteiger partial charge in [-0.25, -0.2) is 14.3 Å². The number of carbonyl (C=O) groups excluding carboxylic acids is 1. The molecule has 2 aromatic carbocycles. The van der Waals surface area contributed by atoms with E-state index in [-0.39, 0.29) is 41.7 Å². The summed E-state index contributed by atoms with van der Waals surface area (Å²) >= 11 is 0. The Kier molecular flexibility index (Phi) is 9.38. The summed E-state index contributed by atoms with van der Waals surface area (Å²) in [5.74, 6) is -0.739. The molecule has 20 nitrogen and oxygen atoms in total. The SMILES string of the molecule is CC(=O)N(c1ccc2c(c1)Cc1ccccc1-2)c1nc2c(=O)[nH]c(N)nc2n1[C@H]1C[C@H](O)[C@@H](COP(=O)(O)OC2C[C@H](n3ccc(N)nc3=O)O[C@@H]2CO)O1. The standard InChI is InChI=1S/C34H36N9O11P/c1-16(45)42(19-6-7-21-18(11-19)10-17-4-2-3-5-20(17)21)33-38-29-30(39-32(36)40-31(29)47)43(33)28-12-22(46)25(53-28)15-51-55(49,50)54-23-13-27(52-24(23)14-44)41-9-8-26(35)37-34(41)48/h2-9,11,22-25,27-28,44,46H,10,12-15H2,1H3,(H,49,50)(H2,35,37,48)(H3,36,39,40,47)/t22-,23?,24+,25+,27+,28+/m0/s1. The van der Waals surface area contributed by atoms with Crippen molar-refractivity contribution in [3.8, 4) is 11.1 Å². The number of aliphatic hydroxyl groups excluding tert-OH is 2. The van der Waals surface area contributed by atoms with Crippen molar-refractivity contribution in [1.82, 2.24) is 29.1 Å². The number of anilines is 4. The first-order chi connectivity index (χ1) is 26.3. The zero-order valence-corrected chi connectivity index (χ0v) is 30.0. The van der Waals surface area contributed by atoms with Crippen molar-refractivity contribution in [2.45, 2.75) is 63.1 Å². The fraction of sp³-hybridized carbons (Fsp3) is 0.353. The topological polar surface area (TPSA) is 285 Å². The van der Waals surface area contributed by atoms with Crippen LogP contribution in [0.1, 0.15) is 43.3 Å². The molecule has 1 amide bonds. The lowest BCUT2D eigenvalue weighted by Gasteiger charge is -2.25. The van der Waals surface area contributed by atoms with Gasteiger partial charge in [0.05, 0.1) is 25.0 Å². The molecule has 0 spiro atoms. The monoisotopic (exact) mass is 777 g/mol. The molecule has 8 rings (SSSR count). The van der Waals surface area contributed by atoms with E-state index < -0.39 is 75.1 Å². The minimum atomic E-state index is -4.90. The molecule has 2 aliphatic heterocycles. The molecule has 1 aliphatic carbocycles. The number of amides is 1. The molecule has 2 fully saturated rings. The number of aromatic nitrogens is 6. The van der Waals surface area contributed by atoms with Gasteiger partial charge in [0.25, 0.3) is 5.56 Å². The summed E-state index contributed by atoms with van der Waals surface area (Å²) in [4.78, 5) is 65.7. The third-order valence-electron chi connectivity index (χ3n) is 9.79. The van der Waals surface area contributed by atoms with E-state index >= 15 is 0 Å². The summed E-state index contributed by atoms with van der Waals surface area (Å²) < 4.78 is 38.1. The molecule has 7 atom stereocenters. The van der Waals surface area contributed by atoms with Gasteiger partial charge in [-0.05, 0) is 46.9 Å². The van der Waals surface area contributed by atoms with Crippen LogP contribution >= 0.6 is 7.82 Å². The van der Waals surface area contributed by atoms with Crippen molar-refractivity contribution in [3.63, 3.8) is 0 Å². The molecule has 8 N–H and O–H groups in total. The van der Waals surface area contributed by atoms with Crippen molar-refractivity contribution in [2.24, 2.45) is 0 Å². The number of hydrogen-bond acceptors (Lipinski definition) is 15. The van der Waals surface area contributed by atoms with Crippen LogP contribution in [0.4, 0.5) is 23.4 Å². The minimum absolute atomic E-state index is 0.00837. The van der Waals surface area contributed by atoms with Crippen LogP contribution in [0.25, 0.3) is 22.3 Å². The Morgan fingerprint density at radius 2 is 1.80 bits per heavy atom. The minimum Gasteiger partial charge on any atom is -0.394 e. The lowest BCUT2D eigenvalue weighted by atomic mass is 10.1. The Labute approximate surface area is 310 Å². The molecule has 21 heteroatoms. The molecule has 0 radical (unpaired) electrons. The maximum atomic E-state index is 13.4. The highest BCUT2D eigenvalue weighted by Gasteiger charge is 2.44. The number of H-pyrrole nitrogens is 1. The van der Waals surface area contributed by atoms with Crippen LogP contribution in [-0.4, -0.2) is 87.7 Å². The van der Waals surface area contributed by atoms with Crippen molar-refractivity contribution < 1.29 is 43.0 Å². The van der Waals surface area contributed by atoms with Gasteiger partial charge in [0.2, 0.25) is 17.8 Å². The molecule has 5 heterocycles. The summed E-state index contributed by atoms with van der Waals surface area (Å²) in [6.07, 6.45) is -5.17. The van der Waals surface area contributed by atoms with Gasteiger partial charge in [-0.1, -0.05) is 30.3 Å². The number of rotatable bonds is 10. The molecule has 55 heavy (non-hydrogen) atoms. The van der Waals surface area contributed by atoms with Crippen molar-refractivity contribution in [3.05, 3.63) is 86.7 Å². The van der Waals surface area contributed by atoms with Crippen LogP contribution in [0.5, 0.6) is 0 Å². The molecule has 0 saturated carbocycles. The maximum absolute atomic E-state index is 13.4. The first kappa shape index (κ1) is 36.7. The number of phosphoric acid groups is 1. The quantitative estimate of drug-likeness (QED) is 0.107. The maximum Gasteiger partial charge on any atom is 0.472 e. The van der Waals surface area contributed by atoms with E-state index in [9.17, 15) is 34.1 Å².